The molecule has 1 N–H and O–H groups in total. The van der Waals surface area contributed by atoms with Gasteiger partial charge in [-0.05, 0) is 28.1 Å². The molecular formula is C14H11BrN2O3. The van der Waals surface area contributed by atoms with Crippen molar-refractivity contribution in [1.82, 2.24) is 10.3 Å². The molecule has 0 aliphatic carbocycles. The fraction of sp³-hybridized carbons (Fsp3) is 0.143. The van der Waals surface area contributed by atoms with Gasteiger partial charge in [-0.1, -0.05) is 12.1 Å². The number of rotatable bonds is 3. The van der Waals surface area contributed by atoms with Crippen molar-refractivity contribution >= 4 is 21.8 Å². The number of carbonyl (C=O) groups excluding carboxylic acids is 1. The fourth-order valence-corrected chi connectivity index (χ4v) is 2.39. The molecule has 20 heavy (non-hydrogen) atoms. The molecule has 5 nitrogen and oxygen atoms in total. The van der Waals surface area contributed by atoms with E-state index in [9.17, 15) is 4.79 Å². The van der Waals surface area contributed by atoms with E-state index in [2.05, 4.69) is 26.2 Å². The van der Waals surface area contributed by atoms with Crippen LogP contribution in [-0.2, 0) is 6.54 Å². The zero-order valence-corrected chi connectivity index (χ0v) is 12.0. The monoisotopic (exact) mass is 334 g/mol. The van der Waals surface area contributed by atoms with Crippen molar-refractivity contribution in [3.63, 3.8) is 0 Å². The number of para-hydroxylation sites is 1. The molecule has 0 spiro atoms. The summed E-state index contributed by atoms with van der Waals surface area (Å²) in [5.74, 6) is 1.24. The molecule has 2 heterocycles. The summed E-state index contributed by atoms with van der Waals surface area (Å²) in [5, 5.41) is 2.85. The van der Waals surface area contributed by atoms with Gasteiger partial charge in [0.2, 0.25) is 6.79 Å². The zero-order valence-electron chi connectivity index (χ0n) is 10.4. The quantitative estimate of drug-likeness (QED) is 0.936. The first-order chi connectivity index (χ1) is 9.75. The molecule has 1 aromatic heterocycles. The number of pyridine rings is 1. The van der Waals surface area contributed by atoms with Gasteiger partial charge in [-0.25, -0.2) is 0 Å². The largest absolute Gasteiger partial charge is 0.454 e. The standard InChI is InChI=1S/C14H11BrN2O3/c15-11-7-16-5-4-10(11)14(18)17-6-9-2-1-3-12-13(9)20-8-19-12/h1-5,7H,6,8H2,(H,17,18). The van der Waals surface area contributed by atoms with Crippen molar-refractivity contribution in [1.29, 1.82) is 0 Å². The van der Waals surface area contributed by atoms with Crippen molar-refractivity contribution in [2.75, 3.05) is 6.79 Å². The Balaban J connectivity index is 1.73. The van der Waals surface area contributed by atoms with Crippen LogP contribution < -0.4 is 14.8 Å². The van der Waals surface area contributed by atoms with Crippen LogP contribution in [0, 0.1) is 0 Å². The molecule has 1 aromatic carbocycles. The van der Waals surface area contributed by atoms with Crippen LogP contribution in [0.2, 0.25) is 0 Å². The van der Waals surface area contributed by atoms with Crippen molar-refractivity contribution in [3.8, 4) is 11.5 Å². The molecule has 2 aromatic rings. The van der Waals surface area contributed by atoms with Crippen molar-refractivity contribution < 1.29 is 14.3 Å². The van der Waals surface area contributed by atoms with E-state index in [0.29, 0.717) is 28.1 Å². The van der Waals surface area contributed by atoms with Crippen molar-refractivity contribution in [3.05, 3.63) is 52.3 Å². The minimum Gasteiger partial charge on any atom is -0.454 e. The van der Waals surface area contributed by atoms with Crippen LogP contribution in [-0.4, -0.2) is 17.7 Å². The predicted molar refractivity (Wildman–Crippen MR) is 75.7 cm³/mol. The predicted octanol–water partition coefficient (Wildman–Crippen LogP) is 2.50. The molecular weight excluding hydrogens is 324 g/mol. The summed E-state index contributed by atoms with van der Waals surface area (Å²) in [7, 11) is 0. The van der Waals surface area contributed by atoms with E-state index in [1.54, 1.807) is 18.5 Å². The molecule has 0 atom stereocenters. The lowest BCUT2D eigenvalue weighted by atomic mass is 10.1. The van der Waals surface area contributed by atoms with Crippen LogP contribution in [0.25, 0.3) is 0 Å². The number of hydrogen-bond donors (Lipinski definition) is 1. The molecule has 0 radical (unpaired) electrons. The van der Waals surface area contributed by atoms with Gasteiger partial charge in [0.15, 0.2) is 11.5 Å². The van der Waals surface area contributed by atoms with Crippen LogP contribution in [0.4, 0.5) is 0 Å². The van der Waals surface area contributed by atoms with Crippen LogP contribution >= 0.6 is 15.9 Å². The molecule has 0 fully saturated rings. The maximum atomic E-state index is 12.1. The van der Waals surface area contributed by atoms with Gasteiger partial charge in [-0.3, -0.25) is 9.78 Å². The molecule has 102 valence electrons. The Morgan fingerprint density at radius 2 is 2.25 bits per heavy atom. The number of nitrogens with zero attached hydrogens (tertiary/aromatic N) is 1. The lowest BCUT2D eigenvalue weighted by Crippen LogP contribution is -2.23. The van der Waals surface area contributed by atoms with Gasteiger partial charge in [-0.2, -0.15) is 0 Å². The Hall–Kier alpha value is -2.08. The second-order valence-corrected chi connectivity index (χ2v) is 5.04. The summed E-state index contributed by atoms with van der Waals surface area (Å²) in [6.07, 6.45) is 3.17. The normalized spacial score (nSPS) is 12.2. The van der Waals surface area contributed by atoms with Gasteiger partial charge in [0.25, 0.3) is 5.91 Å². The number of hydrogen-bond acceptors (Lipinski definition) is 4. The minimum atomic E-state index is -0.171. The molecule has 1 aliphatic rings. The number of halogens is 1. The van der Waals surface area contributed by atoms with Crippen molar-refractivity contribution in [2.24, 2.45) is 0 Å². The number of fused-ring (bicyclic) bond motifs is 1. The van der Waals surface area contributed by atoms with Crippen molar-refractivity contribution in [2.45, 2.75) is 6.54 Å². The highest BCUT2D eigenvalue weighted by Gasteiger charge is 2.18. The number of ether oxygens (including phenoxy) is 2. The highest BCUT2D eigenvalue weighted by Crippen LogP contribution is 2.35. The van der Waals surface area contributed by atoms with Crippen LogP contribution in [0.15, 0.2) is 41.1 Å². The Morgan fingerprint density at radius 1 is 1.35 bits per heavy atom. The molecule has 0 saturated heterocycles. The third-order valence-electron chi connectivity index (χ3n) is 2.93. The Bertz CT molecular complexity index is 661. The molecule has 1 amide bonds. The van der Waals surface area contributed by atoms with Gasteiger partial charge >= 0.3 is 0 Å². The van der Waals surface area contributed by atoms with Gasteiger partial charge < -0.3 is 14.8 Å². The molecule has 1 aliphatic heterocycles. The molecule has 0 bridgehead atoms. The Labute approximate surface area is 124 Å². The van der Waals surface area contributed by atoms with Gasteiger partial charge in [-0.15, -0.1) is 0 Å². The lowest BCUT2D eigenvalue weighted by molar-refractivity contribution is 0.0949. The highest BCUT2D eigenvalue weighted by molar-refractivity contribution is 9.10. The summed E-state index contributed by atoms with van der Waals surface area (Å²) in [4.78, 5) is 16.0. The number of nitrogens with one attached hydrogen (secondary N) is 1. The van der Waals surface area contributed by atoms with Crippen LogP contribution in [0.1, 0.15) is 15.9 Å². The van der Waals surface area contributed by atoms with E-state index >= 15 is 0 Å². The highest BCUT2D eigenvalue weighted by atomic mass is 79.9. The minimum absolute atomic E-state index is 0.171. The molecule has 6 heteroatoms. The van der Waals surface area contributed by atoms with Crippen LogP contribution in [0.3, 0.4) is 0 Å². The van der Waals surface area contributed by atoms with E-state index in [1.165, 1.54) is 0 Å². The topological polar surface area (TPSA) is 60.5 Å². The van der Waals surface area contributed by atoms with E-state index in [0.717, 1.165) is 5.56 Å². The van der Waals surface area contributed by atoms with Gasteiger partial charge in [0.1, 0.15) is 0 Å². The average molecular weight is 335 g/mol. The summed E-state index contributed by atoms with van der Waals surface area (Å²) < 4.78 is 11.4. The summed E-state index contributed by atoms with van der Waals surface area (Å²) in [6.45, 7) is 0.594. The Morgan fingerprint density at radius 3 is 3.10 bits per heavy atom. The number of aromatic nitrogens is 1. The Kier molecular flexibility index (Phi) is 3.56. The first-order valence-electron chi connectivity index (χ1n) is 6.01. The first kappa shape index (κ1) is 12.9. The lowest BCUT2D eigenvalue weighted by Gasteiger charge is -2.08. The van der Waals surface area contributed by atoms with Gasteiger partial charge in [0, 0.05) is 29.0 Å². The maximum absolute atomic E-state index is 12.1. The summed E-state index contributed by atoms with van der Waals surface area (Å²) in [6, 6.07) is 7.27. The summed E-state index contributed by atoms with van der Waals surface area (Å²) >= 11 is 3.30. The smallest absolute Gasteiger partial charge is 0.252 e. The van der Waals surface area contributed by atoms with E-state index in [-0.39, 0.29) is 12.7 Å². The third-order valence-corrected chi connectivity index (χ3v) is 3.57. The fourth-order valence-electron chi connectivity index (χ4n) is 1.96. The third kappa shape index (κ3) is 2.46. The first-order valence-corrected chi connectivity index (χ1v) is 6.80. The zero-order chi connectivity index (χ0) is 13.9. The number of benzene rings is 1. The van der Waals surface area contributed by atoms with E-state index < -0.39 is 0 Å². The van der Waals surface area contributed by atoms with E-state index in [1.807, 2.05) is 18.2 Å². The summed E-state index contributed by atoms with van der Waals surface area (Å²) in [5.41, 5.74) is 1.43. The molecule has 3 rings (SSSR count). The maximum Gasteiger partial charge on any atom is 0.252 e. The number of carbonyl (C=O) groups is 1. The van der Waals surface area contributed by atoms with Gasteiger partial charge in [0.05, 0.1) is 5.56 Å². The number of amides is 1. The SMILES string of the molecule is O=C(NCc1cccc2c1OCO2)c1ccncc1Br. The second-order valence-electron chi connectivity index (χ2n) is 4.19. The second kappa shape index (κ2) is 5.50. The average Bonchev–Trinajstić information content (AvgIpc) is 2.94. The molecule has 0 saturated carbocycles. The van der Waals surface area contributed by atoms with Crippen LogP contribution in [0.5, 0.6) is 11.5 Å². The van der Waals surface area contributed by atoms with E-state index in [4.69, 9.17) is 9.47 Å². The molecule has 0 unspecified atom stereocenters.